The smallest absolute Gasteiger partial charge is 0.226 e. The number of amides is 1. The highest BCUT2D eigenvalue weighted by Crippen LogP contribution is 2.26. The van der Waals surface area contributed by atoms with Gasteiger partial charge in [-0.1, -0.05) is 54.1 Å². The number of rotatable bonds is 6. The lowest BCUT2D eigenvalue weighted by Gasteiger charge is -2.18. The summed E-state index contributed by atoms with van der Waals surface area (Å²) in [6.07, 6.45) is 0. The Balaban J connectivity index is 1.43. The number of hydrazine groups is 1. The molecule has 0 spiro atoms. The Hall–Kier alpha value is -2.67. The molecule has 1 aromatic heterocycles. The summed E-state index contributed by atoms with van der Waals surface area (Å²) in [5, 5.41) is 8.48. The van der Waals surface area contributed by atoms with Crippen LogP contribution in [0, 0.1) is 19.8 Å². The maximum Gasteiger partial charge on any atom is 0.226 e. The van der Waals surface area contributed by atoms with Crippen LogP contribution in [-0.4, -0.2) is 22.2 Å². The molecule has 30 heavy (non-hydrogen) atoms. The number of hydrogen-bond donors (Lipinski definition) is 3. The van der Waals surface area contributed by atoms with Gasteiger partial charge in [0.25, 0.3) is 0 Å². The lowest BCUT2D eigenvalue weighted by Crippen LogP contribution is -2.35. The van der Waals surface area contributed by atoms with Crippen molar-refractivity contribution in [3.8, 4) is 0 Å². The number of hydrogen-bond acceptors (Lipinski definition) is 4. The molecular formula is C23H26ClN5O. The molecule has 1 amide bonds. The van der Waals surface area contributed by atoms with Gasteiger partial charge in [0.2, 0.25) is 5.91 Å². The van der Waals surface area contributed by atoms with Crippen molar-refractivity contribution in [2.24, 2.45) is 5.92 Å². The van der Waals surface area contributed by atoms with E-state index in [1.54, 1.807) is 0 Å². The van der Waals surface area contributed by atoms with Crippen LogP contribution in [0.1, 0.15) is 34.1 Å². The zero-order chi connectivity index (χ0) is 21.1. The van der Waals surface area contributed by atoms with Crippen molar-refractivity contribution in [2.45, 2.75) is 33.0 Å². The SMILES string of the molecule is Cc1nn(Cc2ccccc2)c(C)c1CNC(=O)C1CNNC1c1ccc(Cl)cc1. The van der Waals surface area contributed by atoms with Gasteiger partial charge in [0.05, 0.1) is 24.2 Å². The Kier molecular flexibility index (Phi) is 6.18. The highest BCUT2D eigenvalue weighted by molar-refractivity contribution is 6.30. The van der Waals surface area contributed by atoms with Gasteiger partial charge in [-0.15, -0.1) is 0 Å². The van der Waals surface area contributed by atoms with Crippen LogP contribution in [0.4, 0.5) is 0 Å². The fourth-order valence-electron chi connectivity index (χ4n) is 3.93. The van der Waals surface area contributed by atoms with Crippen molar-refractivity contribution in [3.05, 3.63) is 87.7 Å². The van der Waals surface area contributed by atoms with Crippen LogP contribution in [0.3, 0.4) is 0 Å². The predicted octanol–water partition coefficient (Wildman–Crippen LogP) is 3.28. The van der Waals surface area contributed by atoms with Crippen LogP contribution in [0.15, 0.2) is 54.6 Å². The molecule has 156 valence electrons. The van der Waals surface area contributed by atoms with Crippen LogP contribution in [0.25, 0.3) is 0 Å². The van der Waals surface area contributed by atoms with E-state index in [-0.39, 0.29) is 17.9 Å². The second-order valence-corrected chi connectivity index (χ2v) is 8.11. The molecule has 0 bridgehead atoms. The molecule has 1 saturated heterocycles. The highest BCUT2D eigenvalue weighted by Gasteiger charge is 2.34. The quantitative estimate of drug-likeness (QED) is 0.569. The largest absolute Gasteiger partial charge is 0.352 e. The first-order valence-electron chi connectivity index (χ1n) is 10.1. The summed E-state index contributed by atoms with van der Waals surface area (Å²) in [6, 6.07) is 17.8. The molecule has 0 aliphatic carbocycles. The van der Waals surface area contributed by atoms with E-state index in [2.05, 4.69) is 40.3 Å². The van der Waals surface area contributed by atoms with Gasteiger partial charge in [0, 0.05) is 29.4 Å². The summed E-state index contributed by atoms with van der Waals surface area (Å²) in [5.41, 5.74) is 11.6. The molecule has 2 heterocycles. The molecule has 3 aromatic rings. The van der Waals surface area contributed by atoms with E-state index < -0.39 is 0 Å². The third kappa shape index (κ3) is 4.41. The normalized spacial score (nSPS) is 18.5. The molecule has 3 N–H and O–H groups in total. The second-order valence-electron chi connectivity index (χ2n) is 7.67. The van der Waals surface area contributed by atoms with Gasteiger partial charge in [0.15, 0.2) is 0 Å². The standard InChI is InChI=1S/C23H26ClN5O/c1-15-20(16(2)29(28-15)14-17-6-4-3-5-7-17)12-25-23(30)21-13-26-27-22(21)18-8-10-19(24)11-9-18/h3-11,21-22,26-27H,12-14H2,1-2H3,(H,25,30). The number of aryl methyl sites for hydroxylation is 1. The van der Waals surface area contributed by atoms with Gasteiger partial charge in [-0.2, -0.15) is 5.10 Å². The Bertz CT molecular complexity index is 1020. The van der Waals surface area contributed by atoms with Crippen molar-refractivity contribution >= 4 is 17.5 Å². The number of aromatic nitrogens is 2. The van der Waals surface area contributed by atoms with Crippen LogP contribution < -0.4 is 16.2 Å². The van der Waals surface area contributed by atoms with Gasteiger partial charge < -0.3 is 5.32 Å². The summed E-state index contributed by atoms with van der Waals surface area (Å²) in [4.78, 5) is 12.9. The topological polar surface area (TPSA) is 71.0 Å². The molecule has 0 radical (unpaired) electrons. The Morgan fingerprint density at radius 1 is 1.17 bits per heavy atom. The van der Waals surface area contributed by atoms with E-state index in [0.717, 1.165) is 29.1 Å². The molecular weight excluding hydrogens is 398 g/mol. The van der Waals surface area contributed by atoms with E-state index in [9.17, 15) is 4.79 Å². The van der Waals surface area contributed by atoms with E-state index in [4.69, 9.17) is 11.6 Å². The monoisotopic (exact) mass is 423 g/mol. The zero-order valence-electron chi connectivity index (χ0n) is 17.2. The predicted molar refractivity (Wildman–Crippen MR) is 118 cm³/mol. The van der Waals surface area contributed by atoms with Crippen molar-refractivity contribution in [1.29, 1.82) is 0 Å². The first-order chi connectivity index (χ1) is 14.5. The van der Waals surface area contributed by atoms with Crippen LogP contribution in [-0.2, 0) is 17.9 Å². The summed E-state index contributed by atoms with van der Waals surface area (Å²) in [5.74, 6) is -0.187. The van der Waals surface area contributed by atoms with Crippen molar-refractivity contribution in [3.63, 3.8) is 0 Å². The summed E-state index contributed by atoms with van der Waals surface area (Å²) in [6.45, 7) is 5.81. The average Bonchev–Trinajstić information content (AvgIpc) is 3.33. The minimum atomic E-state index is -0.203. The molecule has 2 aromatic carbocycles. The summed E-state index contributed by atoms with van der Waals surface area (Å²) >= 11 is 5.99. The van der Waals surface area contributed by atoms with E-state index >= 15 is 0 Å². The molecule has 1 fully saturated rings. The average molecular weight is 424 g/mol. The Labute approximate surface area is 181 Å². The van der Waals surface area contributed by atoms with Gasteiger partial charge in [-0.3, -0.25) is 14.9 Å². The molecule has 4 rings (SSSR count). The molecule has 2 atom stereocenters. The van der Waals surface area contributed by atoms with Gasteiger partial charge in [0.1, 0.15) is 0 Å². The van der Waals surface area contributed by atoms with E-state index in [0.29, 0.717) is 18.1 Å². The maximum absolute atomic E-state index is 12.9. The van der Waals surface area contributed by atoms with Gasteiger partial charge >= 0.3 is 0 Å². The maximum atomic E-state index is 12.9. The van der Waals surface area contributed by atoms with Crippen LogP contribution >= 0.6 is 11.6 Å². The second kappa shape index (κ2) is 9.00. The Morgan fingerprint density at radius 2 is 1.90 bits per heavy atom. The zero-order valence-corrected chi connectivity index (χ0v) is 17.9. The van der Waals surface area contributed by atoms with Gasteiger partial charge in [-0.25, -0.2) is 5.43 Å². The first kappa shape index (κ1) is 20.6. The summed E-state index contributed by atoms with van der Waals surface area (Å²) < 4.78 is 2.00. The van der Waals surface area contributed by atoms with E-state index in [1.807, 2.05) is 54.1 Å². The van der Waals surface area contributed by atoms with E-state index in [1.165, 1.54) is 5.56 Å². The lowest BCUT2D eigenvalue weighted by molar-refractivity contribution is -0.125. The number of halogens is 1. The third-order valence-corrected chi connectivity index (χ3v) is 5.95. The van der Waals surface area contributed by atoms with Crippen LogP contribution in [0.2, 0.25) is 5.02 Å². The first-order valence-corrected chi connectivity index (χ1v) is 10.5. The highest BCUT2D eigenvalue weighted by atomic mass is 35.5. The Morgan fingerprint density at radius 3 is 2.63 bits per heavy atom. The minimum absolute atomic E-state index is 0.0158. The molecule has 2 unspecified atom stereocenters. The number of nitrogens with zero attached hydrogens (tertiary/aromatic N) is 2. The number of benzene rings is 2. The molecule has 1 aliphatic rings. The third-order valence-electron chi connectivity index (χ3n) is 5.69. The number of nitrogens with one attached hydrogen (secondary N) is 3. The fourth-order valence-corrected chi connectivity index (χ4v) is 4.06. The van der Waals surface area contributed by atoms with Gasteiger partial charge in [-0.05, 0) is 37.1 Å². The number of carbonyl (C=O) groups is 1. The molecule has 7 heteroatoms. The number of carbonyl (C=O) groups excluding carboxylic acids is 1. The van der Waals surface area contributed by atoms with Crippen molar-refractivity contribution in [1.82, 2.24) is 25.9 Å². The van der Waals surface area contributed by atoms with Crippen molar-refractivity contribution in [2.75, 3.05) is 6.54 Å². The summed E-state index contributed by atoms with van der Waals surface area (Å²) in [7, 11) is 0. The molecule has 1 aliphatic heterocycles. The van der Waals surface area contributed by atoms with Crippen molar-refractivity contribution < 1.29 is 4.79 Å². The minimum Gasteiger partial charge on any atom is -0.352 e. The molecule has 6 nitrogen and oxygen atoms in total. The van der Waals surface area contributed by atoms with Crippen LogP contribution in [0.5, 0.6) is 0 Å². The fraction of sp³-hybridized carbons (Fsp3) is 0.304. The lowest BCUT2D eigenvalue weighted by atomic mass is 9.94. The molecule has 0 saturated carbocycles.